The lowest BCUT2D eigenvalue weighted by Gasteiger charge is -2.11. The summed E-state index contributed by atoms with van der Waals surface area (Å²) in [5.41, 5.74) is 2.21. The second kappa shape index (κ2) is 7.83. The number of nitrogens with one attached hydrogen (secondary N) is 2. The summed E-state index contributed by atoms with van der Waals surface area (Å²) in [6, 6.07) is 8.04. The fourth-order valence-electron chi connectivity index (χ4n) is 2.23. The fourth-order valence-corrected chi connectivity index (χ4v) is 2.95. The summed E-state index contributed by atoms with van der Waals surface area (Å²) < 4.78 is 7.71. The molecule has 0 spiro atoms. The van der Waals surface area contributed by atoms with E-state index < -0.39 is 0 Å². The highest BCUT2D eigenvalue weighted by Gasteiger charge is 2.03. The molecule has 0 saturated carbocycles. The molecule has 0 atom stereocenters. The van der Waals surface area contributed by atoms with Gasteiger partial charge in [-0.3, -0.25) is 9.39 Å². The van der Waals surface area contributed by atoms with Crippen LogP contribution < -0.4 is 15.4 Å². The molecule has 7 heteroatoms. The van der Waals surface area contributed by atoms with Gasteiger partial charge in [0.15, 0.2) is 10.9 Å². The summed E-state index contributed by atoms with van der Waals surface area (Å²) in [4.78, 5) is 9.74. The van der Waals surface area contributed by atoms with Gasteiger partial charge in [0.25, 0.3) is 0 Å². The van der Waals surface area contributed by atoms with Crippen LogP contribution in [0.15, 0.2) is 47.0 Å². The van der Waals surface area contributed by atoms with Gasteiger partial charge < -0.3 is 15.4 Å². The lowest BCUT2D eigenvalue weighted by atomic mass is 10.2. The molecule has 1 aromatic carbocycles. The van der Waals surface area contributed by atoms with E-state index in [0.717, 1.165) is 22.4 Å². The van der Waals surface area contributed by atoms with Crippen LogP contribution in [0, 0.1) is 6.92 Å². The number of aryl methyl sites for hydroxylation is 1. The van der Waals surface area contributed by atoms with Crippen molar-refractivity contribution in [2.24, 2.45) is 4.99 Å². The Labute approximate surface area is 145 Å². The van der Waals surface area contributed by atoms with Crippen molar-refractivity contribution in [3.63, 3.8) is 0 Å². The van der Waals surface area contributed by atoms with Crippen LogP contribution in [0.5, 0.6) is 5.75 Å². The second-order valence-corrected chi connectivity index (χ2v) is 6.21. The molecular weight excluding hydrogens is 322 g/mol. The molecule has 0 amide bonds. The Morgan fingerprint density at radius 2 is 2.12 bits per heavy atom. The van der Waals surface area contributed by atoms with Gasteiger partial charge in [0.05, 0.1) is 18.8 Å². The van der Waals surface area contributed by atoms with E-state index in [1.54, 1.807) is 18.4 Å². The number of aromatic nitrogens is 2. The summed E-state index contributed by atoms with van der Waals surface area (Å²) >= 11 is 1.63. The SMILES string of the molecule is CN=C(NCCOc1ccc(C)cc1)NCc1cn2ccsc2n1. The van der Waals surface area contributed by atoms with E-state index in [4.69, 9.17) is 4.74 Å². The molecular formula is C17H21N5OS. The Bertz CT molecular complexity index is 777. The maximum atomic E-state index is 5.69. The maximum Gasteiger partial charge on any atom is 0.193 e. The van der Waals surface area contributed by atoms with E-state index in [0.29, 0.717) is 19.7 Å². The molecule has 0 aliphatic carbocycles. The van der Waals surface area contributed by atoms with E-state index in [9.17, 15) is 0 Å². The average molecular weight is 343 g/mol. The first-order valence-corrected chi connectivity index (χ1v) is 8.67. The van der Waals surface area contributed by atoms with E-state index in [2.05, 4.69) is 27.5 Å². The van der Waals surface area contributed by atoms with Crippen molar-refractivity contribution < 1.29 is 4.74 Å². The summed E-state index contributed by atoms with van der Waals surface area (Å²) in [6.07, 6.45) is 4.03. The van der Waals surface area contributed by atoms with Crippen molar-refractivity contribution in [1.29, 1.82) is 0 Å². The van der Waals surface area contributed by atoms with Crippen molar-refractivity contribution in [2.45, 2.75) is 13.5 Å². The molecule has 0 radical (unpaired) electrons. The van der Waals surface area contributed by atoms with Crippen molar-refractivity contribution in [3.8, 4) is 5.75 Å². The van der Waals surface area contributed by atoms with Gasteiger partial charge in [0, 0.05) is 24.8 Å². The Morgan fingerprint density at radius 3 is 2.88 bits per heavy atom. The Hall–Kier alpha value is -2.54. The minimum Gasteiger partial charge on any atom is -0.492 e. The highest BCUT2D eigenvalue weighted by atomic mass is 32.1. The molecule has 0 saturated heterocycles. The highest BCUT2D eigenvalue weighted by Crippen LogP contribution is 2.11. The van der Waals surface area contributed by atoms with Crippen LogP contribution in [0.2, 0.25) is 0 Å². The summed E-state index contributed by atoms with van der Waals surface area (Å²) in [7, 11) is 1.75. The van der Waals surface area contributed by atoms with Gasteiger partial charge in [0.1, 0.15) is 12.4 Å². The third kappa shape index (κ3) is 4.26. The third-order valence-electron chi connectivity index (χ3n) is 3.49. The molecule has 0 unspecified atom stereocenters. The first-order chi connectivity index (χ1) is 11.7. The van der Waals surface area contributed by atoms with Crippen LogP contribution in [-0.4, -0.2) is 35.5 Å². The number of benzene rings is 1. The molecule has 0 aliphatic heterocycles. The number of nitrogens with zero attached hydrogens (tertiary/aromatic N) is 3. The first-order valence-electron chi connectivity index (χ1n) is 7.79. The maximum absolute atomic E-state index is 5.69. The summed E-state index contributed by atoms with van der Waals surface area (Å²) in [5, 5.41) is 8.51. The Morgan fingerprint density at radius 1 is 1.29 bits per heavy atom. The zero-order chi connectivity index (χ0) is 16.8. The molecule has 3 rings (SSSR count). The Kier molecular flexibility index (Phi) is 5.32. The number of fused-ring (bicyclic) bond motifs is 1. The lowest BCUT2D eigenvalue weighted by molar-refractivity contribution is 0.322. The largest absolute Gasteiger partial charge is 0.492 e. The molecule has 6 nitrogen and oxygen atoms in total. The van der Waals surface area contributed by atoms with Crippen LogP contribution in [0.4, 0.5) is 0 Å². The smallest absolute Gasteiger partial charge is 0.193 e. The van der Waals surface area contributed by atoms with Gasteiger partial charge >= 0.3 is 0 Å². The van der Waals surface area contributed by atoms with E-state index in [1.165, 1.54) is 5.56 Å². The number of hydrogen-bond acceptors (Lipinski definition) is 4. The monoisotopic (exact) mass is 343 g/mol. The van der Waals surface area contributed by atoms with Crippen molar-refractivity contribution in [2.75, 3.05) is 20.2 Å². The number of guanidine groups is 1. The van der Waals surface area contributed by atoms with Crippen LogP contribution in [0.3, 0.4) is 0 Å². The summed E-state index contributed by atoms with van der Waals surface area (Å²) in [5.74, 6) is 1.61. The number of hydrogen-bond donors (Lipinski definition) is 2. The molecule has 2 N–H and O–H groups in total. The van der Waals surface area contributed by atoms with Crippen LogP contribution in [-0.2, 0) is 6.54 Å². The number of aliphatic imine (C=N–C) groups is 1. The number of rotatable bonds is 6. The predicted molar refractivity (Wildman–Crippen MR) is 97.9 cm³/mol. The minimum atomic E-state index is 0.573. The van der Waals surface area contributed by atoms with Gasteiger partial charge in [-0.2, -0.15) is 0 Å². The molecule has 0 fully saturated rings. The number of imidazole rings is 1. The van der Waals surface area contributed by atoms with Crippen molar-refractivity contribution >= 4 is 22.3 Å². The van der Waals surface area contributed by atoms with E-state index >= 15 is 0 Å². The zero-order valence-electron chi connectivity index (χ0n) is 13.8. The van der Waals surface area contributed by atoms with Gasteiger partial charge in [-0.05, 0) is 19.1 Å². The topological polar surface area (TPSA) is 63.0 Å². The standard InChI is InChI=1S/C17H21N5OS/c1-13-3-5-15(6-4-13)23-9-7-19-16(18-2)20-11-14-12-22-8-10-24-17(22)21-14/h3-6,8,10,12H,7,9,11H2,1-2H3,(H2,18,19,20). The first kappa shape index (κ1) is 16.3. The van der Waals surface area contributed by atoms with Gasteiger partial charge in [0.2, 0.25) is 0 Å². The van der Waals surface area contributed by atoms with Crippen LogP contribution in [0.1, 0.15) is 11.3 Å². The van der Waals surface area contributed by atoms with E-state index in [-0.39, 0.29) is 0 Å². The number of thiazole rings is 1. The highest BCUT2D eigenvalue weighted by molar-refractivity contribution is 7.15. The zero-order valence-corrected chi connectivity index (χ0v) is 14.6. The molecule has 0 aliphatic rings. The molecule has 2 aromatic heterocycles. The van der Waals surface area contributed by atoms with Gasteiger partial charge in [-0.15, -0.1) is 11.3 Å². The molecule has 2 heterocycles. The molecule has 126 valence electrons. The minimum absolute atomic E-state index is 0.573. The molecule has 0 bridgehead atoms. The number of ether oxygens (including phenoxy) is 1. The quantitative estimate of drug-likeness (QED) is 0.410. The molecule has 3 aromatic rings. The molecule has 24 heavy (non-hydrogen) atoms. The summed E-state index contributed by atoms with van der Waals surface area (Å²) in [6.45, 7) is 3.94. The van der Waals surface area contributed by atoms with Crippen LogP contribution >= 0.6 is 11.3 Å². The van der Waals surface area contributed by atoms with Crippen molar-refractivity contribution in [3.05, 3.63) is 53.3 Å². The van der Waals surface area contributed by atoms with Gasteiger partial charge in [-0.25, -0.2) is 4.98 Å². The van der Waals surface area contributed by atoms with E-state index in [1.807, 2.05) is 46.4 Å². The normalized spacial score (nSPS) is 11.7. The van der Waals surface area contributed by atoms with Crippen LogP contribution in [0.25, 0.3) is 4.96 Å². The second-order valence-electron chi connectivity index (χ2n) is 5.34. The third-order valence-corrected chi connectivity index (χ3v) is 4.26. The lowest BCUT2D eigenvalue weighted by Crippen LogP contribution is -2.38. The van der Waals surface area contributed by atoms with Crippen molar-refractivity contribution in [1.82, 2.24) is 20.0 Å². The Balaban J connectivity index is 1.40. The fraction of sp³-hybridized carbons (Fsp3) is 0.294. The predicted octanol–water partition coefficient (Wildman–Crippen LogP) is 2.45. The van der Waals surface area contributed by atoms with Gasteiger partial charge in [-0.1, -0.05) is 17.7 Å². The average Bonchev–Trinajstić information content (AvgIpc) is 3.17.